The van der Waals surface area contributed by atoms with E-state index in [4.69, 9.17) is 16.3 Å². The maximum atomic E-state index is 12.3. The zero-order valence-electron chi connectivity index (χ0n) is 13.2. The zero-order valence-corrected chi connectivity index (χ0v) is 14.7. The van der Waals surface area contributed by atoms with Crippen molar-refractivity contribution in [3.05, 3.63) is 47.1 Å². The van der Waals surface area contributed by atoms with Crippen LogP contribution in [0.4, 0.5) is 0 Å². The second-order valence-corrected chi connectivity index (χ2v) is 7.05. The van der Waals surface area contributed by atoms with E-state index < -0.39 is 0 Å². The Morgan fingerprint density at radius 2 is 2.32 bits per heavy atom. The molecule has 1 aromatic carbocycles. The van der Waals surface area contributed by atoms with E-state index in [9.17, 15) is 4.79 Å². The minimum Gasteiger partial charge on any atom is -0.493 e. The second kappa shape index (κ2) is 6.93. The number of imidazole rings is 1. The Morgan fingerprint density at radius 1 is 1.44 bits per heavy atom. The largest absolute Gasteiger partial charge is 0.493 e. The molecule has 0 saturated carbocycles. The van der Waals surface area contributed by atoms with Crippen LogP contribution in [0.1, 0.15) is 18.0 Å². The van der Waals surface area contributed by atoms with Gasteiger partial charge in [-0.1, -0.05) is 41.6 Å². The number of amides is 1. The van der Waals surface area contributed by atoms with E-state index in [0.717, 1.165) is 23.3 Å². The predicted molar refractivity (Wildman–Crippen MR) is 97.1 cm³/mol. The van der Waals surface area contributed by atoms with E-state index in [1.807, 2.05) is 24.3 Å². The third-order valence-corrected chi connectivity index (χ3v) is 5.00. The monoisotopic (exact) mass is 374 g/mol. The molecule has 128 valence electrons. The number of H-pyrrole nitrogens is 1. The van der Waals surface area contributed by atoms with Crippen LogP contribution in [-0.4, -0.2) is 33.2 Å². The van der Waals surface area contributed by atoms with Crippen LogP contribution in [0.25, 0.3) is 11.2 Å². The van der Waals surface area contributed by atoms with Crippen LogP contribution in [0.2, 0.25) is 5.02 Å². The first kappa shape index (κ1) is 16.2. The Kier molecular flexibility index (Phi) is 4.50. The van der Waals surface area contributed by atoms with Gasteiger partial charge in [-0.2, -0.15) is 0 Å². The summed E-state index contributed by atoms with van der Waals surface area (Å²) in [5.74, 6) is 1.07. The molecule has 2 aromatic heterocycles. The number of fused-ring (bicyclic) bond motifs is 2. The number of ether oxygens (including phenoxy) is 1. The molecule has 1 amide bonds. The summed E-state index contributed by atoms with van der Waals surface area (Å²) in [7, 11) is 0. The molecule has 25 heavy (non-hydrogen) atoms. The molecule has 3 aromatic rings. The molecule has 0 bridgehead atoms. The maximum absolute atomic E-state index is 12.3. The molecule has 3 heterocycles. The maximum Gasteiger partial charge on any atom is 0.230 e. The SMILES string of the molecule is O=C(CSc1nc2ncc(Cl)cc2[nH]1)N[C@H]1CCOc2ccccc21. The molecule has 0 saturated heterocycles. The van der Waals surface area contributed by atoms with Crippen LogP contribution in [0.3, 0.4) is 0 Å². The van der Waals surface area contributed by atoms with E-state index >= 15 is 0 Å². The van der Waals surface area contributed by atoms with E-state index in [1.54, 1.807) is 12.3 Å². The fraction of sp³-hybridized carbons (Fsp3) is 0.235. The predicted octanol–water partition coefficient (Wildman–Crippen LogP) is 3.34. The third kappa shape index (κ3) is 3.57. The lowest BCUT2D eigenvalue weighted by Gasteiger charge is -2.26. The highest BCUT2D eigenvalue weighted by Gasteiger charge is 2.22. The first-order valence-corrected chi connectivity index (χ1v) is 9.20. The number of thioether (sulfide) groups is 1. The van der Waals surface area contributed by atoms with Gasteiger partial charge in [0.25, 0.3) is 0 Å². The summed E-state index contributed by atoms with van der Waals surface area (Å²) in [6.07, 6.45) is 2.31. The van der Waals surface area contributed by atoms with Crippen LogP contribution in [0.5, 0.6) is 5.75 Å². The molecule has 0 radical (unpaired) electrons. The molecule has 0 spiro atoms. The number of pyridine rings is 1. The summed E-state index contributed by atoms with van der Waals surface area (Å²) < 4.78 is 5.62. The van der Waals surface area contributed by atoms with Gasteiger partial charge in [0.1, 0.15) is 5.75 Å². The van der Waals surface area contributed by atoms with Gasteiger partial charge in [-0.25, -0.2) is 9.97 Å². The zero-order chi connectivity index (χ0) is 17.2. The Labute approximate surface area is 153 Å². The number of halogens is 1. The first-order chi connectivity index (χ1) is 12.2. The van der Waals surface area contributed by atoms with Gasteiger partial charge in [0.2, 0.25) is 5.91 Å². The average molecular weight is 375 g/mol. The number of nitrogens with one attached hydrogen (secondary N) is 2. The quantitative estimate of drug-likeness (QED) is 0.684. The summed E-state index contributed by atoms with van der Waals surface area (Å²) in [5.41, 5.74) is 2.37. The van der Waals surface area contributed by atoms with E-state index in [0.29, 0.717) is 22.4 Å². The number of benzene rings is 1. The number of carbonyl (C=O) groups is 1. The van der Waals surface area contributed by atoms with Gasteiger partial charge in [-0.15, -0.1) is 0 Å². The van der Waals surface area contributed by atoms with Gasteiger partial charge >= 0.3 is 0 Å². The second-order valence-electron chi connectivity index (χ2n) is 5.65. The van der Waals surface area contributed by atoms with Gasteiger partial charge in [0, 0.05) is 18.2 Å². The van der Waals surface area contributed by atoms with Gasteiger partial charge in [-0.3, -0.25) is 4.79 Å². The van der Waals surface area contributed by atoms with Crippen molar-refractivity contribution < 1.29 is 9.53 Å². The highest BCUT2D eigenvalue weighted by Crippen LogP contribution is 2.31. The highest BCUT2D eigenvalue weighted by atomic mass is 35.5. The molecular weight excluding hydrogens is 360 g/mol. The molecule has 1 aliphatic rings. The molecule has 0 fully saturated rings. The number of nitrogens with zero attached hydrogens (tertiary/aromatic N) is 2. The van der Waals surface area contributed by atoms with Gasteiger partial charge in [-0.05, 0) is 12.1 Å². The number of rotatable bonds is 4. The molecule has 1 aliphatic heterocycles. The molecule has 4 rings (SSSR count). The van der Waals surface area contributed by atoms with Crippen molar-refractivity contribution in [2.24, 2.45) is 0 Å². The number of para-hydroxylation sites is 1. The molecule has 1 atom stereocenters. The standard InChI is InChI=1S/C17H15ClN4O2S/c18-10-7-13-16(19-8-10)22-17(21-13)25-9-15(23)20-12-5-6-24-14-4-2-1-3-11(12)14/h1-4,7-8,12H,5-6,9H2,(H,20,23)(H,19,21,22)/t12-/m0/s1. The fourth-order valence-electron chi connectivity index (χ4n) is 2.78. The fourth-order valence-corrected chi connectivity index (χ4v) is 3.62. The Hall–Kier alpha value is -2.25. The van der Waals surface area contributed by atoms with Gasteiger partial charge in [0.05, 0.1) is 28.9 Å². The van der Waals surface area contributed by atoms with E-state index in [-0.39, 0.29) is 17.7 Å². The lowest BCUT2D eigenvalue weighted by molar-refractivity contribution is -0.119. The Bertz CT molecular complexity index is 930. The lowest BCUT2D eigenvalue weighted by Crippen LogP contribution is -2.33. The van der Waals surface area contributed by atoms with Crippen LogP contribution >= 0.6 is 23.4 Å². The first-order valence-electron chi connectivity index (χ1n) is 7.84. The van der Waals surface area contributed by atoms with Crippen molar-refractivity contribution in [3.63, 3.8) is 0 Å². The number of carbonyl (C=O) groups excluding carboxylic acids is 1. The lowest BCUT2D eigenvalue weighted by atomic mass is 10.0. The summed E-state index contributed by atoms with van der Waals surface area (Å²) in [4.78, 5) is 23.9. The van der Waals surface area contributed by atoms with Crippen molar-refractivity contribution >= 4 is 40.4 Å². The van der Waals surface area contributed by atoms with Crippen LogP contribution < -0.4 is 10.1 Å². The molecule has 6 nitrogen and oxygen atoms in total. The molecule has 2 N–H and O–H groups in total. The topological polar surface area (TPSA) is 79.9 Å². The average Bonchev–Trinajstić information content (AvgIpc) is 3.02. The highest BCUT2D eigenvalue weighted by molar-refractivity contribution is 7.99. The number of hydrogen-bond donors (Lipinski definition) is 2. The third-order valence-electron chi connectivity index (χ3n) is 3.92. The van der Waals surface area contributed by atoms with Gasteiger partial charge < -0.3 is 15.0 Å². The van der Waals surface area contributed by atoms with Crippen molar-refractivity contribution in [3.8, 4) is 5.75 Å². The molecule has 0 aliphatic carbocycles. The van der Waals surface area contributed by atoms with Crippen LogP contribution in [0, 0.1) is 0 Å². The summed E-state index contributed by atoms with van der Waals surface area (Å²) in [5, 5.41) is 4.26. The number of aromatic nitrogens is 3. The summed E-state index contributed by atoms with van der Waals surface area (Å²) >= 11 is 7.25. The van der Waals surface area contributed by atoms with Crippen molar-refractivity contribution in [1.82, 2.24) is 20.3 Å². The van der Waals surface area contributed by atoms with E-state index in [2.05, 4.69) is 20.3 Å². The van der Waals surface area contributed by atoms with Crippen molar-refractivity contribution in [2.45, 2.75) is 17.6 Å². The normalized spacial score (nSPS) is 16.3. The van der Waals surface area contributed by atoms with Crippen molar-refractivity contribution in [1.29, 1.82) is 0 Å². The molecule has 0 unspecified atom stereocenters. The Morgan fingerprint density at radius 3 is 3.24 bits per heavy atom. The minimum absolute atomic E-state index is 0.0193. The smallest absolute Gasteiger partial charge is 0.230 e. The summed E-state index contributed by atoms with van der Waals surface area (Å²) in [6.45, 7) is 0.602. The van der Waals surface area contributed by atoms with Gasteiger partial charge in [0.15, 0.2) is 10.8 Å². The van der Waals surface area contributed by atoms with Crippen LogP contribution in [0.15, 0.2) is 41.7 Å². The number of aromatic amines is 1. The Balaban J connectivity index is 1.39. The van der Waals surface area contributed by atoms with Crippen molar-refractivity contribution in [2.75, 3.05) is 12.4 Å². The molecule has 8 heteroatoms. The molecular formula is C17H15ClN4O2S. The van der Waals surface area contributed by atoms with Crippen LogP contribution in [-0.2, 0) is 4.79 Å². The summed E-state index contributed by atoms with van der Waals surface area (Å²) in [6, 6.07) is 9.54. The number of hydrogen-bond acceptors (Lipinski definition) is 5. The minimum atomic E-state index is -0.0434. The van der Waals surface area contributed by atoms with E-state index in [1.165, 1.54) is 11.8 Å².